The van der Waals surface area contributed by atoms with Crippen molar-refractivity contribution in [3.05, 3.63) is 53.3 Å². The van der Waals surface area contributed by atoms with Crippen LogP contribution in [0.4, 0.5) is 15.8 Å². The molecule has 3 rings (SSSR count). The largest absolute Gasteiger partial charge is 0.326 e. The smallest absolute Gasteiger partial charge is 0.240 e. The first-order valence-electron chi connectivity index (χ1n) is 10.9. The van der Waals surface area contributed by atoms with E-state index >= 15 is 0 Å². The Hall–Kier alpha value is -2.49. The zero-order chi connectivity index (χ0) is 24.0. The van der Waals surface area contributed by atoms with E-state index in [0.29, 0.717) is 17.9 Å². The molecule has 1 fully saturated rings. The molecule has 1 aliphatic rings. The van der Waals surface area contributed by atoms with E-state index in [1.165, 1.54) is 47.4 Å². The number of rotatable bonds is 10. The number of sulfonamides is 1. The molecule has 33 heavy (non-hydrogen) atoms. The van der Waals surface area contributed by atoms with Crippen LogP contribution < -0.4 is 14.9 Å². The summed E-state index contributed by atoms with van der Waals surface area (Å²) in [5.41, 5.74) is 0.857. The normalized spacial score (nSPS) is 16.3. The number of carbonyl (C=O) groups excluding carboxylic acids is 2. The number of amides is 2. The maximum Gasteiger partial charge on any atom is 0.240 e. The highest BCUT2D eigenvalue weighted by molar-refractivity contribution is 7.89. The van der Waals surface area contributed by atoms with E-state index in [4.69, 9.17) is 11.6 Å². The van der Waals surface area contributed by atoms with Crippen molar-refractivity contribution < 1.29 is 22.4 Å². The van der Waals surface area contributed by atoms with Crippen LogP contribution in [0.3, 0.4) is 0 Å². The van der Waals surface area contributed by atoms with Gasteiger partial charge in [0.15, 0.2) is 0 Å². The van der Waals surface area contributed by atoms with Gasteiger partial charge in [0.25, 0.3) is 0 Å². The number of hydrogen-bond acceptors (Lipinski definition) is 4. The number of anilines is 2. The van der Waals surface area contributed by atoms with Gasteiger partial charge in [0, 0.05) is 30.9 Å². The van der Waals surface area contributed by atoms with Crippen LogP contribution in [-0.4, -0.2) is 33.3 Å². The molecule has 1 heterocycles. The van der Waals surface area contributed by atoms with E-state index < -0.39 is 21.8 Å². The highest BCUT2D eigenvalue weighted by atomic mass is 35.5. The Bertz CT molecular complexity index is 1110. The highest BCUT2D eigenvalue weighted by Gasteiger charge is 2.35. The zero-order valence-corrected chi connectivity index (χ0v) is 19.9. The van der Waals surface area contributed by atoms with Crippen molar-refractivity contribution in [3.8, 4) is 0 Å². The molecule has 7 nitrogen and oxygen atoms in total. The summed E-state index contributed by atoms with van der Waals surface area (Å²) in [4.78, 5) is 26.6. The lowest BCUT2D eigenvalue weighted by Crippen LogP contribution is -2.28. The Morgan fingerprint density at radius 2 is 1.88 bits per heavy atom. The molecule has 0 aliphatic carbocycles. The van der Waals surface area contributed by atoms with Crippen molar-refractivity contribution in [1.29, 1.82) is 0 Å². The van der Waals surface area contributed by atoms with E-state index in [9.17, 15) is 22.4 Å². The first-order chi connectivity index (χ1) is 15.7. The average Bonchev–Trinajstić information content (AvgIpc) is 3.17. The quantitative estimate of drug-likeness (QED) is 0.479. The molecule has 0 aromatic heterocycles. The van der Waals surface area contributed by atoms with Crippen LogP contribution in [0.15, 0.2) is 47.4 Å². The number of unbranched alkanes of at least 4 members (excludes halogenated alkanes) is 3. The predicted molar refractivity (Wildman–Crippen MR) is 126 cm³/mol. The summed E-state index contributed by atoms with van der Waals surface area (Å²) in [5.74, 6) is -1.80. The summed E-state index contributed by atoms with van der Waals surface area (Å²) in [7, 11) is -3.61. The summed E-state index contributed by atoms with van der Waals surface area (Å²) in [5, 5.41) is 2.62. The maximum atomic E-state index is 13.4. The molecule has 2 amide bonds. The Kier molecular flexibility index (Phi) is 8.45. The minimum atomic E-state index is -3.61. The van der Waals surface area contributed by atoms with Gasteiger partial charge in [0.2, 0.25) is 21.8 Å². The van der Waals surface area contributed by atoms with Crippen LogP contribution >= 0.6 is 11.6 Å². The van der Waals surface area contributed by atoms with E-state index in [1.54, 1.807) is 0 Å². The van der Waals surface area contributed by atoms with Gasteiger partial charge in [0.1, 0.15) is 5.82 Å². The average molecular weight is 496 g/mol. The Labute approximate surface area is 198 Å². The second kappa shape index (κ2) is 11.1. The molecule has 178 valence electrons. The summed E-state index contributed by atoms with van der Waals surface area (Å²) in [6.45, 7) is 2.61. The van der Waals surface area contributed by atoms with Crippen molar-refractivity contribution >= 4 is 44.8 Å². The van der Waals surface area contributed by atoms with Crippen molar-refractivity contribution in [2.45, 2.75) is 43.9 Å². The lowest BCUT2D eigenvalue weighted by molar-refractivity contribution is -0.122. The Balaban J connectivity index is 1.57. The second-order valence-electron chi connectivity index (χ2n) is 7.98. The van der Waals surface area contributed by atoms with Crippen molar-refractivity contribution in [2.75, 3.05) is 23.3 Å². The summed E-state index contributed by atoms with van der Waals surface area (Å²) in [6.07, 6.45) is 3.91. The van der Waals surface area contributed by atoms with Gasteiger partial charge < -0.3 is 10.2 Å². The third-order valence-electron chi connectivity index (χ3n) is 5.47. The molecule has 1 atom stereocenters. The molecule has 1 saturated heterocycles. The Morgan fingerprint density at radius 3 is 2.55 bits per heavy atom. The summed E-state index contributed by atoms with van der Waals surface area (Å²) >= 11 is 5.80. The van der Waals surface area contributed by atoms with Crippen molar-refractivity contribution in [1.82, 2.24) is 4.72 Å². The number of halogens is 2. The van der Waals surface area contributed by atoms with Gasteiger partial charge >= 0.3 is 0 Å². The topological polar surface area (TPSA) is 95.6 Å². The summed E-state index contributed by atoms with van der Waals surface area (Å²) in [6, 6.07) is 9.85. The molecule has 10 heteroatoms. The standard InChI is InChI=1S/C23H27ClFN3O4S/c1-2-3-4-5-12-26-33(31,32)19-9-6-17(7-10-19)27-23(30)16-13-22(29)28(15-16)18-8-11-21(25)20(24)14-18/h6-11,14,16,26H,2-5,12-13,15H2,1H3,(H,27,30). The zero-order valence-electron chi connectivity index (χ0n) is 18.3. The number of nitrogens with one attached hydrogen (secondary N) is 2. The van der Waals surface area contributed by atoms with Crippen molar-refractivity contribution in [2.24, 2.45) is 5.92 Å². The number of carbonyl (C=O) groups is 2. The first-order valence-corrected chi connectivity index (χ1v) is 12.7. The molecule has 0 saturated carbocycles. The Morgan fingerprint density at radius 1 is 1.15 bits per heavy atom. The van der Waals surface area contributed by atoms with Crippen LogP contribution in [0, 0.1) is 11.7 Å². The van der Waals surface area contributed by atoms with Crippen LogP contribution in [0.1, 0.15) is 39.0 Å². The van der Waals surface area contributed by atoms with Gasteiger partial charge in [-0.3, -0.25) is 9.59 Å². The fraction of sp³-hybridized carbons (Fsp3) is 0.391. The molecule has 0 spiro atoms. The summed E-state index contributed by atoms with van der Waals surface area (Å²) < 4.78 is 40.7. The minimum absolute atomic E-state index is 0.00917. The monoisotopic (exact) mass is 495 g/mol. The molecule has 1 aliphatic heterocycles. The van der Waals surface area contributed by atoms with Gasteiger partial charge in [-0.25, -0.2) is 17.5 Å². The number of nitrogens with zero attached hydrogens (tertiary/aromatic N) is 1. The van der Waals surface area contributed by atoms with E-state index in [1.807, 2.05) is 0 Å². The molecule has 0 radical (unpaired) electrons. The molecular weight excluding hydrogens is 469 g/mol. The fourth-order valence-electron chi connectivity index (χ4n) is 3.59. The molecule has 0 bridgehead atoms. The molecule has 2 aromatic rings. The molecule has 2 N–H and O–H groups in total. The SMILES string of the molecule is CCCCCCNS(=O)(=O)c1ccc(NC(=O)C2CC(=O)N(c3ccc(F)c(Cl)c3)C2)cc1. The van der Waals surface area contributed by atoms with Crippen LogP contribution in [-0.2, 0) is 19.6 Å². The molecule has 1 unspecified atom stereocenters. The first kappa shape index (κ1) is 25.1. The lowest BCUT2D eigenvalue weighted by atomic mass is 10.1. The van der Waals surface area contributed by atoms with Gasteiger partial charge in [0.05, 0.1) is 15.8 Å². The lowest BCUT2D eigenvalue weighted by Gasteiger charge is -2.17. The van der Waals surface area contributed by atoms with E-state index in [0.717, 1.165) is 25.7 Å². The van der Waals surface area contributed by atoms with Crippen molar-refractivity contribution in [3.63, 3.8) is 0 Å². The second-order valence-corrected chi connectivity index (χ2v) is 10.2. The predicted octanol–water partition coefficient (Wildman–Crippen LogP) is 4.33. The van der Waals surface area contributed by atoms with E-state index in [-0.39, 0.29) is 34.7 Å². The fourth-order valence-corrected chi connectivity index (χ4v) is 4.84. The third-order valence-corrected chi connectivity index (χ3v) is 7.23. The molecule has 2 aromatic carbocycles. The van der Waals surface area contributed by atoms with Crippen LogP contribution in [0.25, 0.3) is 0 Å². The minimum Gasteiger partial charge on any atom is -0.326 e. The molecular formula is C23H27ClFN3O4S. The third kappa shape index (κ3) is 6.52. The number of hydrogen-bond donors (Lipinski definition) is 2. The van der Waals surface area contributed by atoms with Crippen LogP contribution in [0.2, 0.25) is 5.02 Å². The maximum absolute atomic E-state index is 13.4. The van der Waals surface area contributed by atoms with Gasteiger partial charge in [-0.05, 0) is 48.9 Å². The number of benzene rings is 2. The van der Waals surface area contributed by atoms with Gasteiger partial charge in [-0.1, -0.05) is 37.8 Å². The van der Waals surface area contributed by atoms with Gasteiger partial charge in [-0.15, -0.1) is 0 Å². The highest BCUT2D eigenvalue weighted by Crippen LogP contribution is 2.29. The van der Waals surface area contributed by atoms with Crippen LogP contribution in [0.5, 0.6) is 0 Å². The van der Waals surface area contributed by atoms with Gasteiger partial charge in [-0.2, -0.15) is 0 Å². The van der Waals surface area contributed by atoms with E-state index in [2.05, 4.69) is 17.0 Å².